The smallest absolute Gasteiger partial charge is 0.261 e. The molecule has 0 unspecified atom stereocenters. The second-order valence-electron chi connectivity index (χ2n) is 16.8. The third-order valence-electron chi connectivity index (χ3n) is 10.6. The Hall–Kier alpha value is -2.47. The van der Waals surface area contributed by atoms with E-state index in [4.69, 9.17) is 14.6 Å². The van der Waals surface area contributed by atoms with Crippen LogP contribution in [-0.2, 0) is 4.43 Å². The predicted octanol–water partition coefficient (Wildman–Crippen LogP) is 14.3. The van der Waals surface area contributed by atoms with Gasteiger partial charge in [-0.05, 0) is 105 Å². The first-order valence-electron chi connectivity index (χ1n) is 23.9. The second kappa shape index (κ2) is 43.2. The molecule has 6 heteroatoms. The van der Waals surface area contributed by atoms with Gasteiger partial charge in [0.1, 0.15) is 0 Å². The highest BCUT2D eigenvalue weighted by molar-refractivity contribution is 7.13. The van der Waals surface area contributed by atoms with Crippen molar-refractivity contribution >= 4 is 28.1 Å². The minimum Gasteiger partial charge on any atom is -1.40 e. The molecular weight excluding hydrogens is 770 g/mol. The molecule has 2 rings (SSSR count). The molecule has 0 saturated heterocycles. The summed E-state index contributed by atoms with van der Waals surface area (Å²) in [7, 11) is 0.636. The van der Waals surface area contributed by atoms with E-state index in [0.717, 1.165) is 70.8 Å². The van der Waals surface area contributed by atoms with E-state index < -0.39 is 8.32 Å². The molecular formula is C54H90NO3PSi-2. The lowest BCUT2D eigenvalue weighted by Crippen LogP contribution is -2.66. The molecule has 0 aliphatic rings. The number of nitrogens with two attached hydrogens (primary N) is 1. The molecule has 0 radical (unpaired) electrons. The van der Waals surface area contributed by atoms with Gasteiger partial charge in [0, 0.05) is 46.9 Å². The highest BCUT2D eigenvalue weighted by Gasteiger charge is 2.49. The van der Waals surface area contributed by atoms with Crippen molar-refractivity contribution in [2.45, 2.75) is 200 Å². The largest absolute Gasteiger partial charge is 1.40 e. The van der Waals surface area contributed by atoms with Crippen molar-refractivity contribution in [1.82, 2.24) is 0 Å². The van der Waals surface area contributed by atoms with E-state index in [0.29, 0.717) is 6.61 Å². The van der Waals surface area contributed by atoms with Crippen molar-refractivity contribution in [3.8, 4) is 23.7 Å². The van der Waals surface area contributed by atoms with Gasteiger partial charge in [0.15, 0.2) is 0 Å². The molecule has 2 aromatic carbocycles. The topological polar surface area (TPSA) is 75.7 Å². The monoisotopic (exact) mass is 860 g/mol. The molecule has 0 fully saturated rings. The highest BCUT2D eigenvalue weighted by Crippen LogP contribution is 2.36. The van der Waals surface area contributed by atoms with Crippen molar-refractivity contribution in [2.24, 2.45) is 5.50 Å². The molecule has 0 bridgehead atoms. The zero-order valence-corrected chi connectivity index (χ0v) is 40.8. The molecule has 0 saturated carbocycles. The molecule has 2 aromatic rings. The maximum absolute atomic E-state index is 8.78. The Kier molecular flexibility index (Phi) is 41.4. The van der Waals surface area contributed by atoms with Gasteiger partial charge in [-0.25, -0.2) is 0 Å². The lowest BCUT2D eigenvalue weighted by Gasteiger charge is -2.43. The van der Waals surface area contributed by atoms with Gasteiger partial charge in [-0.2, -0.15) is 0 Å². The standard InChI is InChI=1S/C35H54O2Si.C19H32O.H2NP.H2/c1-35(2,3)38(33-27-21-19-22-28-33,34-29-23-20-24-30-34)37-32-26-18-16-14-12-10-8-6-4-5-7-9-11-13-15-17-25-31-36;1-2-3-4-5-6-7-8-9-10-11-12-13-14-15-16-17-18-19-20;1-2;/h11-14,19-24,27-30,36H,4-10,15-18,25-26,31-32H2,1-3H3;20H,2-5,8-14,17-19H2,1H3;1H2;1H/q;;-2;/b13-11-,14-12-;;;. The molecule has 0 spiro atoms. The van der Waals surface area contributed by atoms with Gasteiger partial charge in [-0.1, -0.05) is 164 Å². The molecule has 0 aliphatic heterocycles. The Bertz CT molecular complexity index is 1350. The van der Waals surface area contributed by atoms with E-state index in [9.17, 15) is 0 Å². The second-order valence-corrected chi connectivity index (χ2v) is 21.1. The average Bonchev–Trinajstić information content (AvgIpc) is 3.27. The van der Waals surface area contributed by atoms with Crippen LogP contribution in [0.2, 0.25) is 5.04 Å². The molecule has 0 heterocycles. The summed E-state index contributed by atoms with van der Waals surface area (Å²) in [4.78, 5) is 0. The van der Waals surface area contributed by atoms with Crippen molar-refractivity contribution in [3.63, 3.8) is 0 Å². The van der Waals surface area contributed by atoms with Crippen LogP contribution < -0.4 is 15.9 Å². The van der Waals surface area contributed by atoms with Crippen LogP contribution in [0.5, 0.6) is 0 Å². The maximum atomic E-state index is 8.78. The summed E-state index contributed by atoms with van der Waals surface area (Å²) in [6, 6.07) is 21.9. The van der Waals surface area contributed by atoms with E-state index in [-0.39, 0.29) is 13.1 Å². The fraction of sp³-hybridized carbons (Fsp3) is 0.630. The van der Waals surface area contributed by atoms with Crippen LogP contribution in [-0.4, -0.2) is 38.4 Å². The fourth-order valence-corrected chi connectivity index (χ4v) is 11.8. The number of allylic oxidation sites excluding steroid dienone is 4. The van der Waals surface area contributed by atoms with E-state index in [1.54, 1.807) is 0 Å². The summed E-state index contributed by atoms with van der Waals surface area (Å²) >= 11 is 0. The molecule has 4 nitrogen and oxygen atoms in total. The van der Waals surface area contributed by atoms with Crippen molar-refractivity contribution in [1.29, 1.82) is 0 Å². The predicted molar refractivity (Wildman–Crippen MR) is 271 cm³/mol. The fourth-order valence-electron chi connectivity index (χ4n) is 7.19. The third-order valence-corrected chi connectivity index (χ3v) is 15.6. The molecule has 60 heavy (non-hydrogen) atoms. The first-order valence-corrected chi connectivity index (χ1v) is 26.3. The normalized spacial score (nSPS) is 11.3. The zero-order valence-electron chi connectivity index (χ0n) is 38.9. The summed E-state index contributed by atoms with van der Waals surface area (Å²) in [6.07, 6.45) is 40.1. The summed E-state index contributed by atoms with van der Waals surface area (Å²) in [5.74, 6) is 12.8. The Morgan fingerprint density at radius 1 is 0.517 bits per heavy atom. The van der Waals surface area contributed by atoms with Crippen molar-refractivity contribution in [2.75, 3.05) is 19.8 Å². The van der Waals surface area contributed by atoms with E-state index >= 15 is 0 Å². The Labute approximate surface area is 376 Å². The Morgan fingerprint density at radius 3 is 1.27 bits per heavy atom. The van der Waals surface area contributed by atoms with Crippen LogP contribution in [0.3, 0.4) is 0 Å². The van der Waals surface area contributed by atoms with Gasteiger partial charge in [0.05, 0.1) is 0 Å². The van der Waals surface area contributed by atoms with Crippen LogP contribution in [0.25, 0.3) is 0 Å². The van der Waals surface area contributed by atoms with Gasteiger partial charge in [-0.15, -0.1) is 23.7 Å². The molecule has 0 atom stereocenters. The molecule has 4 N–H and O–H groups in total. The number of benzene rings is 2. The first kappa shape index (κ1) is 57.5. The highest BCUT2D eigenvalue weighted by atomic mass is 31.0. The number of hydrogen-bond donors (Lipinski definition) is 3. The summed E-state index contributed by atoms with van der Waals surface area (Å²) in [6.45, 7) is 10.7. The number of rotatable bonds is 31. The van der Waals surface area contributed by atoms with Gasteiger partial charge < -0.3 is 29.5 Å². The maximum Gasteiger partial charge on any atom is 0.261 e. The van der Waals surface area contributed by atoms with Crippen LogP contribution >= 0.6 is 9.39 Å². The van der Waals surface area contributed by atoms with E-state index in [1.165, 1.54) is 113 Å². The minimum absolute atomic E-state index is 0. The van der Waals surface area contributed by atoms with Gasteiger partial charge in [-0.3, -0.25) is 0 Å². The quantitative estimate of drug-likeness (QED) is 0.0232. The van der Waals surface area contributed by atoms with Gasteiger partial charge >= 0.3 is 0 Å². The number of hydrogen-bond acceptors (Lipinski definition) is 4. The van der Waals surface area contributed by atoms with Crippen LogP contribution in [0.15, 0.2) is 85.0 Å². The van der Waals surface area contributed by atoms with Crippen molar-refractivity contribution in [3.05, 3.63) is 85.0 Å². The zero-order chi connectivity index (χ0) is 44.1. The minimum atomic E-state index is -2.39. The first-order chi connectivity index (χ1) is 29.4. The third kappa shape index (κ3) is 30.5. The number of aliphatic hydroxyl groups excluding tert-OH is 2. The van der Waals surface area contributed by atoms with Crippen LogP contribution in [0.4, 0.5) is 0 Å². The lowest BCUT2D eigenvalue weighted by atomic mass is 10.1. The lowest BCUT2D eigenvalue weighted by molar-refractivity contribution is 0.285. The number of unbranched alkanes of at least 4 members (excludes halogenated alkanes) is 20. The van der Waals surface area contributed by atoms with Crippen LogP contribution in [0.1, 0.15) is 196 Å². The Balaban J connectivity index is 0. The molecule has 0 aliphatic carbocycles. The van der Waals surface area contributed by atoms with Crippen molar-refractivity contribution < 1.29 is 16.1 Å². The summed E-state index contributed by atoms with van der Waals surface area (Å²) in [5.41, 5.74) is 4.19. The molecule has 340 valence electrons. The van der Waals surface area contributed by atoms with E-state index in [1.807, 2.05) is 0 Å². The summed E-state index contributed by atoms with van der Waals surface area (Å²) < 4.78 is 7.00. The molecule has 0 aromatic heterocycles. The SMILES string of the molecule is CC(C)(C)[Si](OCCCC/C=C\CCCCCCC/C=C\CCCCO)(c1ccccc1)c1ccccc1.CCCCCC#CCCCCCCCC#CCCCO.N[P-2].[HH]. The van der Waals surface area contributed by atoms with Gasteiger partial charge in [0.2, 0.25) is 0 Å². The Morgan fingerprint density at radius 2 is 0.867 bits per heavy atom. The number of aliphatic hydroxyl groups is 2. The van der Waals surface area contributed by atoms with Crippen LogP contribution in [0, 0.1) is 23.7 Å². The van der Waals surface area contributed by atoms with Gasteiger partial charge in [0.25, 0.3) is 8.32 Å². The summed E-state index contributed by atoms with van der Waals surface area (Å²) in [5, 5.41) is 20.2. The van der Waals surface area contributed by atoms with E-state index in [2.05, 4.69) is 151 Å². The molecule has 0 amide bonds. The average molecular weight is 860 g/mol.